The van der Waals surface area contributed by atoms with Crippen molar-refractivity contribution < 1.29 is 76.2 Å². The highest BCUT2D eigenvalue weighted by molar-refractivity contribution is 7.60. The van der Waals surface area contributed by atoms with Crippen molar-refractivity contribution in [1.29, 1.82) is 0 Å². The topological polar surface area (TPSA) is 288 Å². The van der Waals surface area contributed by atoms with E-state index in [1.54, 1.807) is 11.4 Å². The Kier molecular flexibility index (Phi) is 7.89. The Hall–Kier alpha value is -2.00. The van der Waals surface area contributed by atoms with E-state index in [0.29, 0.717) is 21.4 Å². The van der Waals surface area contributed by atoms with Gasteiger partial charge in [0.05, 0.1) is 12.0 Å². The van der Waals surface area contributed by atoms with Gasteiger partial charge < -0.3 is 39.5 Å². The van der Waals surface area contributed by atoms with Crippen molar-refractivity contribution in [3.8, 4) is 11.1 Å². The Morgan fingerprint density at radius 3 is 2.61 bits per heavy atom. The third-order valence-electron chi connectivity index (χ3n) is 5.94. The molecule has 41 heavy (non-hydrogen) atoms. The molecule has 0 aliphatic carbocycles. The molecular formula is C17H19N4O16P3S. The number of hydrogen-bond acceptors (Lipinski definition) is 16. The lowest BCUT2D eigenvalue weighted by Gasteiger charge is -2.27. The first kappa shape index (κ1) is 30.5. The average Bonchev–Trinajstić information content (AvgIpc) is 3.54. The summed E-state index contributed by atoms with van der Waals surface area (Å²) >= 11 is 1.20. The summed E-state index contributed by atoms with van der Waals surface area (Å²) in [6, 6.07) is 1.71. The summed E-state index contributed by atoms with van der Waals surface area (Å²) in [5.74, 6) is -0.181. The van der Waals surface area contributed by atoms with Crippen molar-refractivity contribution in [2.75, 3.05) is 11.9 Å². The fourth-order valence-electron chi connectivity index (χ4n) is 4.26. The monoisotopic (exact) mass is 660 g/mol. The zero-order valence-electron chi connectivity index (χ0n) is 20.1. The number of fused-ring (bicyclic) bond motifs is 2. The molecule has 1 fully saturated rings. The van der Waals surface area contributed by atoms with Crippen LogP contribution in [0.1, 0.15) is 22.8 Å². The smallest absolute Gasteiger partial charge is 0.387 e. The minimum absolute atomic E-state index is 0.192. The van der Waals surface area contributed by atoms with Crippen molar-refractivity contribution in [3.05, 3.63) is 28.8 Å². The second-order valence-electron chi connectivity index (χ2n) is 8.70. The van der Waals surface area contributed by atoms with Crippen LogP contribution in [0, 0.1) is 0 Å². The third-order valence-corrected chi connectivity index (χ3v) is 9.83. The number of anilines is 1. The van der Waals surface area contributed by atoms with Gasteiger partial charge in [0.25, 0.3) is 5.91 Å². The number of carbonyl (C=O) groups is 1. The zero-order chi connectivity index (χ0) is 30.0. The summed E-state index contributed by atoms with van der Waals surface area (Å²) in [6.45, 7) is 0.240. The van der Waals surface area contributed by atoms with Crippen molar-refractivity contribution in [1.82, 2.24) is 14.5 Å². The number of phosphoric acid groups is 3. The predicted octanol–water partition coefficient (Wildman–Crippen LogP) is 1.51. The molecule has 2 unspecified atom stereocenters. The SMILES string of the molecule is C[C@@]1(O)[C@H](O)[C@@H](COP(=O)(OO)OOP(=O)(O)OP(=O)(O)O)O[C@H]1n1cc2c3c(ncnc31)NC(=O)c1sccc1-2. The first-order chi connectivity index (χ1) is 19.1. The lowest BCUT2D eigenvalue weighted by molar-refractivity contribution is -0.220. The highest BCUT2D eigenvalue weighted by Gasteiger charge is 2.54. The van der Waals surface area contributed by atoms with E-state index in [1.807, 2.05) is 0 Å². The first-order valence-electron chi connectivity index (χ1n) is 10.9. The summed E-state index contributed by atoms with van der Waals surface area (Å²) < 4.78 is 61.0. The predicted molar refractivity (Wildman–Crippen MR) is 132 cm³/mol. The largest absolute Gasteiger partial charge is 0.529 e. The number of aliphatic hydroxyl groups excluding tert-OH is 1. The molecule has 6 atom stereocenters. The van der Waals surface area contributed by atoms with Crippen LogP contribution >= 0.6 is 34.8 Å². The Morgan fingerprint density at radius 2 is 1.93 bits per heavy atom. The number of nitrogens with zero attached hydrogens (tertiary/aromatic N) is 3. The number of hydrogen-bond donors (Lipinski definition) is 7. The molecular weight excluding hydrogens is 641 g/mol. The van der Waals surface area contributed by atoms with E-state index in [2.05, 4.69) is 33.6 Å². The van der Waals surface area contributed by atoms with Gasteiger partial charge in [-0.15, -0.1) is 25.4 Å². The highest BCUT2D eigenvalue weighted by Crippen LogP contribution is 2.61. The number of ether oxygens (including phenoxy) is 1. The number of nitrogens with one attached hydrogen (secondary N) is 1. The third kappa shape index (κ3) is 5.82. The van der Waals surface area contributed by atoms with Crippen molar-refractivity contribution in [3.63, 3.8) is 0 Å². The van der Waals surface area contributed by atoms with Crippen LogP contribution in [-0.2, 0) is 41.3 Å². The quantitative estimate of drug-likeness (QED) is 0.0921. The highest BCUT2D eigenvalue weighted by atomic mass is 32.1. The maximum absolute atomic E-state index is 12.6. The summed E-state index contributed by atoms with van der Waals surface area (Å²) in [7, 11) is -16.6. The molecule has 20 nitrogen and oxygen atoms in total. The Morgan fingerprint density at radius 1 is 1.20 bits per heavy atom. The van der Waals surface area contributed by atoms with Gasteiger partial charge >= 0.3 is 23.5 Å². The van der Waals surface area contributed by atoms with Crippen LogP contribution < -0.4 is 5.32 Å². The number of rotatable bonds is 10. The molecule has 0 radical (unpaired) electrons. The Balaban J connectivity index is 1.39. The van der Waals surface area contributed by atoms with Crippen LogP contribution in [0.2, 0.25) is 0 Å². The van der Waals surface area contributed by atoms with E-state index >= 15 is 0 Å². The number of thiophene rings is 1. The molecule has 0 saturated carbocycles. The average molecular weight is 660 g/mol. The molecule has 3 aromatic rings. The summed E-state index contributed by atoms with van der Waals surface area (Å²) in [5.41, 5.74) is -0.793. The molecule has 5 heterocycles. The molecule has 24 heteroatoms. The van der Waals surface area contributed by atoms with Crippen molar-refractivity contribution >= 4 is 57.6 Å². The van der Waals surface area contributed by atoms with Crippen LogP contribution in [-0.4, -0.2) is 75.0 Å². The lowest BCUT2D eigenvalue weighted by atomic mass is 9.96. The number of aromatic nitrogens is 3. The van der Waals surface area contributed by atoms with Gasteiger partial charge in [-0.05, 0) is 18.4 Å². The van der Waals surface area contributed by atoms with Crippen LogP contribution in [0.5, 0.6) is 0 Å². The number of amides is 1. The van der Waals surface area contributed by atoms with Gasteiger partial charge in [0.2, 0.25) is 0 Å². The maximum Gasteiger partial charge on any atom is 0.529 e. The van der Waals surface area contributed by atoms with E-state index in [1.165, 1.54) is 35.4 Å². The Labute approximate surface area is 231 Å². The molecule has 5 rings (SSSR count). The molecule has 1 saturated heterocycles. The molecule has 3 aromatic heterocycles. The molecule has 2 aliphatic rings. The first-order valence-corrected chi connectivity index (χ1v) is 16.3. The van der Waals surface area contributed by atoms with Gasteiger partial charge in [-0.25, -0.2) is 28.9 Å². The zero-order valence-corrected chi connectivity index (χ0v) is 23.6. The van der Waals surface area contributed by atoms with Gasteiger partial charge in [-0.2, -0.15) is 4.31 Å². The molecule has 0 spiro atoms. The second kappa shape index (κ2) is 10.6. The molecule has 0 aromatic carbocycles. The lowest BCUT2D eigenvalue weighted by Crippen LogP contribution is -2.44. The van der Waals surface area contributed by atoms with Gasteiger partial charge in [-0.1, -0.05) is 0 Å². The van der Waals surface area contributed by atoms with Gasteiger partial charge in [0.15, 0.2) is 6.23 Å². The minimum Gasteiger partial charge on any atom is -0.387 e. The van der Waals surface area contributed by atoms with Gasteiger partial charge in [0.1, 0.15) is 40.5 Å². The summed E-state index contributed by atoms with van der Waals surface area (Å²) in [4.78, 5) is 47.8. The van der Waals surface area contributed by atoms with Crippen molar-refractivity contribution in [2.45, 2.75) is 31.0 Å². The van der Waals surface area contributed by atoms with E-state index in [-0.39, 0.29) is 17.4 Å². The molecule has 2 aliphatic heterocycles. The van der Waals surface area contributed by atoms with E-state index in [0.717, 1.165) is 0 Å². The van der Waals surface area contributed by atoms with Crippen LogP contribution in [0.3, 0.4) is 0 Å². The number of aliphatic hydroxyl groups is 2. The fourth-order valence-corrected chi connectivity index (χ4v) is 7.35. The van der Waals surface area contributed by atoms with Crippen LogP contribution in [0.4, 0.5) is 5.82 Å². The number of carbonyl (C=O) groups excluding carboxylic acids is 1. The standard InChI is InChI=1S/C17H19N4O16P3S/c1-17(24)12(22)9(5-32-40(31,34-25)36-35-39(29,30)37-38(26,27)28)33-16(17)21-4-8-7-2-3-41-11(7)15(23)20-13-10(8)14(21)19-6-18-13/h2-4,6,9,12,16,22,24-25H,5H2,1H3,(H,29,30)(H2,26,27,28)(H,18,19,20,23)/t9-,12-,16-,17-,40?/m1/s1. The van der Waals surface area contributed by atoms with E-state index in [4.69, 9.17) is 24.3 Å². The van der Waals surface area contributed by atoms with Gasteiger partial charge in [0, 0.05) is 17.3 Å². The van der Waals surface area contributed by atoms with Crippen LogP contribution in [0.25, 0.3) is 22.2 Å². The molecule has 1 amide bonds. The molecule has 224 valence electrons. The molecule has 0 bridgehead atoms. The summed E-state index contributed by atoms with van der Waals surface area (Å²) in [6.07, 6.45) is -1.99. The van der Waals surface area contributed by atoms with Crippen LogP contribution in [0.15, 0.2) is 24.0 Å². The summed E-state index contributed by atoms with van der Waals surface area (Å²) in [5, 5.41) is 35.7. The fraction of sp³-hybridized carbons (Fsp3) is 0.353. The maximum atomic E-state index is 12.6. The van der Waals surface area contributed by atoms with E-state index < -0.39 is 54.1 Å². The molecule has 7 N–H and O–H groups in total. The minimum atomic E-state index is -5.69. The normalized spacial score (nSPS) is 27.2. The van der Waals surface area contributed by atoms with E-state index in [9.17, 15) is 33.6 Å². The second-order valence-corrected chi connectivity index (χ2v) is 13.8. The van der Waals surface area contributed by atoms with Crippen molar-refractivity contribution in [2.24, 2.45) is 0 Å². The van der Waals surface area contributed by atoms with Gasteiger partial charge in [-0.3, -0.25) is 9.32 Å². The Bertz CT molecular complexity index is 1650.